The summed E-state index contributed by atoms with van der Waals surface area (Å²) in [5.74, 6) is 0. The molecule has 2 heterocycles. The second kappa shape index (κ2) is 5.25. The van der Waals surface area contributed by atoms with E-state index in [0.717, 1.165) is 6.20 Å². The van der Waals surface area contributed by atoms with Gasteiger partial charge in [0.15, 0.2) is 4.90 Å². The number of sulfonamides is 1. The predicted molar refractivity (Wildman–Crippen MR) is 65.5 cm³/mol. The Morgan fingerprint density at radius 3 is 2.74 bits per heavy atom. The summed E-state index contributed by atoms with van der Waals surface area (Å²) in [6.07, 6.45) is 0.560. The Hall–Kier alpha value is -1.49. The largest absolute Gasteiger partial charge is 0.378 e. The molecule has 0 radical (unpaired) electrons. The lowest BCUT2D eigenvalue weighted by Crippen LogP contribution is -2.45. The van der Waals surface area contributed by atoms with Crippen LogP contribution < -0.4 is 21.3 Å². The highest BCUT2D eigenvalue weighted by Gasteiger charge is 2.32. The first-order valence-corrected chi connectivity index (χ1v) is 7.00. The summed E-state index contributed by atoms with van der Waals surface area (Å²) in [5, 5.41) is 2.98. The van der Waals surface area contributed by atoms with Crippen molar-refractivity contribution in [1.29, 1.82) is 0 Å². The summed E-state index contributed by atoms with van der Waals surface area (Å²) in [6.45, 7) is 0.921. The third-order valence-corrected chi connectivity index (χ3v) is 4.34. The van der Waals surface area contributed by atoms with E-state index in [-0.39, 0.29) is 6.10 Å². The summed E-state index contributed by atoms with van der Waals surface area (Å²) in [7, 11) is -2.54. The number of hydrogen-bond acceptors (Lipinski definition) is 6. The standard InChI is InChI=1S/C9H14N4O5S/c1-18-6-3-10-2-5(6)13-19(16,17)7-4-11-9(15)12-8(7)14/h4-6,10,13H,2-3H2,1H3,(H2,11,12,14,15)/t5?,6-/m0/s1. The van der Waals surface area contributed by atoms with Gasteiger partial charge in [-0.1, -0.05) is 0 Å². The summed E-state index contributed by atoms with van der Waals surface area (Å²) in [5.41, 5.74) is -1.72. The Bertz CT molecular complexity index is 664. The minimum Gasteiger partial charge on any atom is -0.378 e. The van der Waals surface area contributed by atoms with Crippen LogP contribution in [0.25, 0.3) is 0 Å². The summed E-state index contributed by atoms with van der Waals surface area (Å²) >= 11 is 0. The molecule has 1 saturated heterocycles. The molecule has 1 aromatic heterocycles. The third kappa shape index (κ3) is 2.92. The molecule has 10 heteroatoms. The molecule has 0 amide bonds. The Balaban J connectivity index is 2.28. The van der Waals surface area contributed by atoms with Gasteiger partial charge in [-0.05, 0) is 0 Å². The lowest BCUT2D eigenvalue weighted by atomic mass is 10.2. The zero-order valence-corrected chi connectivity index (χ0v) is 10.9. The van der Waals surface area contributed by atoms with E-state index in [1.165, 1.54) is 7.11 Å². The minimum absolute atomic E-state index is 0.309. The molecular weight excluding hydrogens is 276 g/mol. The van der Waals surface area contributed by atoms with Crippen molar-refractivity contribution in [3.63, 3.8) is 0 Å². The second-order valence-electron chi connectivity index (χ2n) is 4.10. The number of aromatic amines is 2. The zero-order chi connectivity index (χ0) is 14.0. The normalized spacial score (nSPS) is 23.6. The van der Waals surface area contributed by atoms with Gasteiger partial charge in [0.2, 0.25) is 10.0 Å². The van der Waals surface area contributed by atoms with E-state index in [0.29, 0.717) is 13.1 Å². The molecule has 0 aliphatic carbocycles. The lowest BCUT2D eigenvalue weighted by molar-refractivity contribution is 0.103. The van der Waals surface area contributed by atoms with Gasteiger partial charge in [-0.15, -0.1) is 0 Å². The van der Waals surface area contributed by atoms with E-state index in [9.17, 15) is 18.0 Å². The van der Waals surface area contributed by atoms with Gasteiger partial charge in [0.25, 0.3) is 5.56 Å². The molecule has 1 unspecified atom stereocenters. The second-order valence-corrected chi connectivity index (χ2v) is 5.78. The highest BCUT2D eigenvalue weighted by molar-refractivity contribution is 7.89. The van der Waals surface area contributed by atoms with Gasteiger partial charge in [-0.3, -0.25) is 9.78 Å². The minimum atomic E-state index is -4.02. The molecule has 2 atom stereocenters. The van der Waals surface area contributed by atoms with Gasteiger partial charge in [0, 0.05) is 26.4 Å². The fourth-order valence-corrected chi connectivity index (χ4v) is 3.15. The van der Waals surface area contributed by atoms with Gasteiger partial charge in [0.05, 0.1) is 12.1 Å². The van der Waals surface area contributed by atoms with E-state index >= 15 is 0 Å². The topological polar surface area (TPSA) is 133 Å². The van der Waals surface area contributed by atoms with Crippen LogP contribution in [-0.4, -0.2) is 50.7 Å². The highest BCUT2D eigenvalue weighted by Crippen LogP contribution is 2.08. The van der Waals surface area contributed by atoms with Gasteiger partial charge in [-0.25, -0.2) is 17.9 Å². The Kier molecular flexibility index (Phi) is 3.85. The van der Waals surface area contributed by atoms with Crippen molar-refractivity contribution < 1.29 is 13.2 Å². The van der Waals surface area contributed by atoms with Crippen molar-refractivity contribution in [3.8, 4) is 0 Å². The first kappa shape index (κ1) is 13.9. The smallest absolute Gasteiger partial charge is 0.325 e. The molecule has 1 fully saturated rings. The van der Waals surface area contributed by atoms with Gasteiger partial charge in [0.1, 0.15) is 0 Å². The van der Waals surface area contributed by atoms with Crippen LogP contribution in [0.3, 0.4) is 0 Å². The molecule has 19 heavy (non-hydrogen) atoms. The molecule has 9 nitrogen and oxygen atoms in total. The van der Waals surface area contributed by atoms with Crippen molar-refractivity contribution >= 4 is 10.0 Å². The fourth-order valence-electron chi connectivity index (χ4n) is 1.88. The van der Waals surface area contributed by atoms with Crippen molar-refractivity contribution in [2.45, 2.75) is 17.0 Å². The number of H-pyrrole nitrogens is 2. The van der Waals surface area contributed by atoms with Gasteiger partial charge >= 0.3 is 5.69 Å². The van der Waals surface area contributed by atoms with E-state index in [2.05, 4.69) is 15.0 Å². The van der Waals surface area contributed by atoms with Crippen molar-refractivity contribution in [2.75, 3.05) is 20.2 Å². The molecule has 0 saturated carbocycles. The molecule has 1 aliphatic rings. The molecule has 0 aromatic carbocycles. The van der Waals surface area contributed by atoms with Crippen LogP contribution in [0.5, 0.6) is 0 Å². The predicted octanol–water partition coefficient (Wildman–Crippen LogP) is -2.67. The maximum absolute atomic E-state index is 12.0. The highest BCUT2D eigenvalue weighted by atomic mass is 32.2. The number of aromatic nitrogens is 2. The average molecular weight is 290 g/mol. The molecule has 1 aromatic rings. The van der Waals surface area contributed by atoms with E-state index in [1.54, 1.807) is 0 Å². The van der Waals surface area contributed by atoms with Crippen LogP contribution in [0, 0.1) is 0 Å². The first-order chi connectivity index (χ1) is 8.94. The summed E-state index contributed by atoms with van der Waals surface area (Å²) in [4.78, 5) is 25.8. The van der Waals surface area contributed by atoms with Crippen LogP contribution in [-0.2, 0) is 14.8 Å². The van der Waals surface area contributed by atoms with Crippen LogP contribution >= 0.6 is 0 Å². The van der Waals surface area contributed by atoms with E-state index < -0.39 is 32.2 Å². The van der Waals surface area contributed by atoms with Gasteiger partial charge in [-0.2, -0.15) is 0 Å². The summed E-state index contributed by atoms with van der Waals surface area (Å²) < 4.78 is 31.6. The van der Waals surface area contributed by atoms with E-state index in [1.807, 2.05) is 4.98 Å². The third-order valence-electron chi connectivity index (χ3n) is 2.84. The molecule has 4 N–H and O–H groups in total. The Labute approximate surface area is 108 Å². The summed E-state index contributed by atoms with van der Waals surface area (Å²) in [6, 6.07) is -0.471. The van der Waals surface area contributed by atoms with E-state index in [4.69, 9.17) is 4.74 Å². The fraction of sp³-hybridized carbons (Fsp3) is 0.556. The molecule has 2 rings (SSSR count). The Morgan fingerprint density at radius 1 is 1.37 bits per heavy atom. The van der Waals surface area contributed by atoms with Crippen LogP contribution in [0.2, 0.25) is 0 Å². The average Bonchev–Trinajstić information content (AvgIpc) is 2.74. The zero-order valence-electron chi connectivity index (χ0n) is 10.1. The number of nitrogens with one attached hydrogen (secondary N) is 4. The first-order valence-electron chi connectivity index (χ1n) is 5.52. The number of hydrogen-bond donors (Lipinski definition) is 4. The maximum atomic E-state index is 12.0. The van der Waals surface area contributed by atoms with Gasteiger partial charge < -0.3 is 15.0 Å². The van der Waals surface area contributed by atoms with Crippen LogP contribution in [0.15, 0.2) is 20.7 Å². The quantitative estimate of drug-likeness (QED) is 0.478. The molecule has 0 bridgehead atoms. The van der Waals surface area contributed by atoms with Crippen LogP contribution in [0.1, 0.15) is 0 Å². The molecule has 106 valence electrons. The van der Waals surface area contributed by atoms with Crippen molar-refractivity contribution in [1.82, 2.24) is 20.0 Å². The SMILES string of the molecule is CO[C@H]1CNCC1NS(=O)(=O)c1c[nH]c(=O)[nH]c1=O. The van der Waals surface area contributed by atoms with Crippen molar-refractivity contribution in [2.24, 2.45) is 0 Å². The lowest BCUT2D eigenvalue weighted by Gasteiger charge is -2.18. The number of rotatable bonds is 4. The number of ether oxygens (including phenoxy) is 1. The molecule has 0 spiro atoms. The van der Waals surface area contributed by atoms with Crippen LogP contribution in [0.4, 0.5) is 0 Å². The maximum Gasteiger partial charge on any atom is 0.325 e. The molecule has 1 aliphatic heterocycles. The monoisotopic (exact) mass is 290 g/mol. The molecular formula is C9H14N4O5S. The van der Waals surface area contributed by atoms with Crippen molar-refractivity contribution in [3.05, 3.63) is 27.0 Å². The number of methoxy groups -OCH3 is 1. The Morgan fingerprint density at radius 2 is 2.11 bits per heavy atom.